The number of fused-ring (bicyclic) bond motifs is 1. The second-order valence-corrected chi connectivity index (χ2v) is 9.07. The number of hydrogen-bond acceptors (Lipinski definition) is 3. The van der Waals surface area contributed by atoms with Crippen molar-refractivity contribution in [2.24, 2.45) is 0 Å². The maximum absolute atomic E-state index is 13.5. The molecule has 2 aliphatic rings. The van der Waals surface area contributed by atoms with Crippen molar-refractivity contribution in [3.63, 3.8) is 0 Å². The van der Waals surface area contributed by atoms with Gasteiger partial charge in [-0.05, 0) is 72.9 Å². The topological polar surface area (TPSA) is 52.7 Å². The average molecular weight is 460 g/mol. The van der Waals surface area contributed by atoms with Crippen LogP contribution in [0.2, 0.25) is 5.02 Å². The monoisotopic (exact) mass is 459 g/mol. The highest BCUT2D eigenvalue weighted by atomic mass is 35.5. The van der Waals surface area contributed by atoms with Gasteiger partial charge in [0.2, 0.25) is 0 Å². The Hall–Kier alpha value is -3.31. The molecule has 1 saturated heterocycles. The molecule has 5 nitrogen and oxygen atoms in total. The van der Waals surface area contributed by atoms with Crippen LogP contribution >= 0.6 is 11.6 Å². The molecule has 2 amide bonds. The number of amides is 2. The van der Waals surface area contributed by atoms with Gasteiger partial charge in [-0.2, -0.15) is 0 Å². The lowest BCUT2D eigenvalue weighted by Gasteiger charge is -2.33. The molecule has 3 aromatic rings. The molecule has 33 heavy (non-hydrogen) atoms. The van der Waals surface area contributed by atoms with Crippen LogP contribution in [0.15, 0.2) is 66.7 Å². The molecule has 6 heteroatoms. The van der Waals surface area contributed by atoms with E-state index >= 15 is 0 Å². The van der Waals surface area contributed by atoms with Crippen LogP contribution in [0.5, 0.6) is 0 Å². The number of likely N-dealkylation sites (tertiary alicyclic amines) is 1. The van der Waals surface area contributed by atoms with E-state index < -0.39 is 0 Å². The van der Waals surface area contributed by atoms with E-state index in [2.05, 4.69) is 34.5 Å². The van der Waals surface area contributed by atoms with Gasteiger partial charge in [-0.1, -0.05) is 35.9 Å². The summed E-state index contributed by atoms with van der Waals surface area (Å²) in [5.41, 5.74) is 5.36. The Balaban J connectivity index is 1.45. The Labute approximate surface area is 199 Å². The van der Waals surface area contributed by atoms with Gasteiger partial charge < -0.3 is 15.1 Å². The second-order valence-electron chi connectivity index (χ2n) is 8.63. The van der Waals surface area contributed by atoms with Crippen molar-refractivity contribution >= 4 is 34.8 Å². The number of carbonyl (C=O) groups is 2. The van der Waals surface area contributed by atoms with Crippen molar-refractivity contribution in [1.82, 2.24) is 4.90 Å². The standard InChI is InChI=1S/C27H26ClN3O2/c28-22-9-7-20(8-10-22)26(32)29-23-11-12-25(24(17-23)27(33)30-14-3-4-15-30)31-16-13-19-5-1-2-6-21(19)18-31/h1-2,5-12,17H,3-4,13-16,18H2,(H,29,32). The highest BCUT2D eigenvalue weighted by molar-refractivity contribution is 6.30. The maximum atomic E-state index is 13.5. The molecule has 0 bridgehead atoms. The molecule has 1 fully saturated rings. The summed E-state index contributed by atoms with van der Waals surface area (Å²) in [6.45, 7) is 3.19. The number of anilines is 2. The predicted octanol–water partition coefficient (Wildman–Crippen LogP) is 5.39. The Morgan fingerprint density at radius 1 is 0.848 bits per heavy atom. The Kier molecular flexibility index (Phi) is 6.05. The number of carbonyl (C=O) groups excluding carboxylic acids is 2. The minimum absolute atomic E-state index is 0.0314. The summed E-state index contributed by atoms with van der Waals surface area (Å²) in [5, 5.41) is 3.52. The van der Waals surface area contributed by atoms with E-state index in [1.807, 2.05) is 23.1 Å². The van der Waals surface area contributed by atoms with Gasteiger partial charge in [0.15, 0.2) is 0 Å². The molecule has 0 atom stereocenters. The van der Waals surface area contributed by atoms with Gasteiger partial charge >= 0.3 is 0 Å². The summed E-state index contributed by atoms with van der Waals surface area (Å²) < 4.78 is 0. The Bertz CT molecular complexity index is 1190. The zero-order chi connectivity index (χ0) is 22.8. The van der Waals surface area contributed by atoms with Gasteiger partial charge in [0.25, 0.3) is 11.8 Å². The van der Waals surface area contributed by atoms with E-state index in [9.17, 15) is 9.59 Å². The Morgan fingerprint density at radius 2 is 1.58 bits per heavy atom. The summed E-state index contributed by atoms with van der Waals surface area (Å²) in [5.74, 6) is -0.199. The van der Waals surface area contributed by atoms with Crippen LogP contribution in [0.3, 0.4) is 0 Å². The molecule has 0 saturated carbocycles. The average Bonchev–Trinajstić information content (AvgIpc) is 3.39. The van der Waals surface area contributed by atoms with Crippen molar-refractivity contribution in [3.05, 3.63) is 94.0 Å². The van der Waals surface area contributed by atoms with Crippen LogP contribution in [0, 0.1) is 0 Å². The highest BCUT2D eigenvalue weighted by Crippen LogP contribution is 2.31. The number of hydrogen-bond donors (Lipinski definition) is 1. The number of nitrogens with one attached hydrogen (secondary N) is 1. The number of rotatable bonds is 4. The van der Waals surface area contributed by atoms with Crippen LogP contribution in [0.25, 0.3) is 0 Å². The number of benzene rings is 3. The van der Waals surface area contributed by atoms with Gasteiger partial charge in [-0.3, -0.25) is 9.59 Å². The lowest BCUT2D eigenvalue weighted by atomic mass is 9.98. The van der Waals surface area contributed by atoms with Crippen LogP contribution in [-0.4, -0.2) is 36.3 Å². The smallest absolute Gasteiger partial charge is 0.256 e. The van der Waals surface area contributed by atoms with Crippen molar-refractivity contribution in [2.75, 3.05) is 29.9 Å². The third-order valence-corrected chi connectivity index (χ3v) is 6.71. The largest absolute Gasteiger partial charge is 0.366 e. The van der Waals surface area contributed by atoms with E-state index in [4.69, 9.17) is 11.6 Å². The summed E-state index contributed by atoms with van der Waals surface area (Å²) >= 11 is 5.94. The fraction of sp³-hybridized carbons (Fsp3) is 0.259. The molecule has 0 aromatic heterocycles. The fourth-order valence-electron chi connectivity index (χ4n) is 4.66. The first-order valence-electron chi connectivity index (χ1n) is 11.4. The first-order valence-corrected chi connectivity index (χ1v) is 11.8. The first-order chi connectivity index (χ1) is 16.1. The second kappa shape index (κ2) is 9.28. The maximum Gasteiger partial charge on any atom is 0.256 e. The van der Waals surface area contributed by atoms with Gasteiger partial charge in [0, 0.05) is 48.1 Å². The van der Waals surface area contributed by atoms with E-state index in [-0.39, 0.29) is 11.8 Å². The van der Waals surface area contributed by atoms with E-state index in [0.29, 0.717) is 21.8 Å². The molecule has 5 rings (SSSR count). The molecule has 168 valence electrons. The van der Waals surface area contributed by atoms with Gasteiger partial charge in [-0.15, -0.1) is 0 Å². The minimum Gasteiger partial charge on any atom is -0.366 e. The minimum atomic E-state index is -0.231. The molecule has 0 spiro atoms. The summed E-state index contributed by atoms with van der Waals surface area (Å²) in [6.07, 6.45) is 3.01. The van der Waals surface area contributed by atoms with Gasteiger partial charge in [0.1, 0.15) is 0 Å². The molecule has 0 unspecified atom stereocenters. The lowest BCUT2D eigenvalue weighted by Crippen LogP contribution is -2.34. The quantitative estimate of drug-likeness (QED) is 0.569. The molecular weight excluding hydrogens is 434 g/mol. The third kappa shape index (κ3) is 4.60. The van der Waals surface area contributed by atoms with Crippen molar-refractivity contribution in [1.29, 1.82) is 0 Å². The van der Waals surface area contributed by atoms with Crippen molar-refractivity contribution < 1.29 is 9.59 Å². The lowest BCUT2D eigenvalue weighted by molar-refractivity contribution is 0.0793. The summed E-state index contributed by atoms with van der Waals surface area (Å²) in [4.78, 5) is 30.4. The molecule has 2 heterocycles. The molecule has 1 N–H and O–H groups in total. The van der Waals surface area contributed by atoms with E-state index in [1.165, 1.54) is 11.1 Å². The van der Waals surface area contributed by atoms with E-state index in [1.54, 1.807) is 24.3 Å². The number of halogens is 1. The van der Waals surface area contributed by atoms with Crippen LogP contribution in [-0.2, 0) is 13.0 Å². The number of nitrogens with zero attached hydrogens (tertiary/aromatic N) is 2. The highest BCUT2D eigenvalue weighted by Gasteiger charge is 2.26. The normalized spacial score (nSPS) is 15.3. The van der Waals surface area contributed by atoms with Crippen molar-refractivity contribution in [2.45, 2.75) is 25.8 Å². The molecule has 0 aliphatic carbocycles. The van der Waals surface area contributed by atoms with Crippen LogP contribution in [0.4, 0.5) is 11.4 Å². The van der Waals surface area contributed by atoms with Crippen LogP contribution < -0.4 is 10.2 Å². The van der Waals surface area contributed by atoms with Crippen molar-refractivity contribution in [3.8, 4) is 0 Å². The molecule has 3 aromatic carbocycles. The van der Waals surface area contributed by atoms with Gasteiger partial charge in [0.05, 0.1) is 5.56 Å². The van der Waals surface area contributed by atoms with E-state index in [0.717, 1.165) is 51.1 Å². The van der Waals surface area contributed by atoms with Gasteiger partial charge in [-0.25, -0.2) is 0 Å². The fourth-order valence-corrected chi connectivity index (χ4v) is 4.78. The zero-order valence-corrected chi connectivity index (χ0v) is 19.1. The molecule has 0 radical (unpaired) electrons. The summed E-state index contributed by atoms with van der Waals surface area (Å²) in [7, 11) is 0. The predicted molar refractivity (Wildman–Crippen MR) is 132 cm³/mol. The van der Waals surface area contributed by atoms with Crippen LogP contribution in [0.1, 0.15) is 44.7 Å². The summed E-state index contributed by atoms with van der Waals surface area (Å²) in [6, 6.07) is 20.9. The first kappa shape index (κ1) is 21.5. The molecule has 2 aliphatic heterocycles. The molecular formula is C27H26ClN3O2. The zero-order valence-electron chi connectivity index (χ0n) is 18.4. The third-order valence-electron chi connectivity index (χ3n) is 6.46. The Morgan fingerprint density at radius 3 is 2.33 bits per heavy atom. The SMILES string of the molecule is O=C(Nc1ccc(N2CCc3ccccc3C2)c(C(=O)N2CCCC2)c1)c1ccc(Cl)cc1.